The summed E-state index contributed by atoms with van der Waals surface area (Å²) in [5, 5.41) is 21.5. The van der Waals surface area contributed by atoms with E-state index in [9.17, 15) is 10.2 Å². The molecule has 0 saturated carbocycles. The Morgan fingerprint density at radius 3 is 2.43 bits per heavy atom. The smallest absolute Gasteiger partial charge is 0.161 e. The third-order valence-electron chi connectivity index (χ3n) is 7.06. The Hall–Kier alpha value is -1.30. The molecule has 2 aliphatic rings. The minimum Gasteiger partial charge on any atom is -0.493 e. The first kappa shape index (κ1) is 23.4. The van der Waals surface area contributed by atoms with Crippen molar-refractivity contribution in [2.45, 2.75) is 84.5 Å². The number of methoxy groups -OCH3 is 1. The van der Waals surface area contributed by atoms with Gasteiger partial charge in [-0.2, -0.15) is 0 Å². The molecule has 1 saturated heterocycles. The van der Waals surface area contributed by atoms with Crippen LogP contribution in [0.2, 0.25) is 0 Å². The van der Waals surface area contributed by atoms with E-state index < -0.39 is 5.60 Å². The van der Waals surface area contributed by atoms with Crippen LogP contribution in [0, 0.1) is 11.3 Å². The van der Waals surface area contributed by atoms with Gasteiger partial charge in [-0.15, -0.1) is 0 Å². The molecular weight excluding hydrogens is 378 g/mol. The predicted octanol–water partition coefficient (Wildman–Crippen LogP) is 4.34. The Kier molecular flexibility index (Phi) is 7.05. The van der Waals surface area contributed by atoms with Crippen molar-refractivity contribution in [3.8, 4) is 11.5 Å². The van der Waals surface area contributed by atoms with E-state index in [4.69, 9.17) is 9.47 Å². The van der Waals surface area contributed by atoms with Crippen LogP contribution in [0.3, 0.4) is 0 Å². The molecule has 0 unspecified atom stereocenters. The van der Waals surface area contributed by atoms with Crippen molar-refractivity contribution in [2.75, 3.05) is 26.8 Å². The van der Waals surface area contributed by atoms with Gasteiger partial charge in [-0.3, -0.25) is 4.90 Å². The van der Waals surface area contributed by atoms with Crippen LogP contribution in [-0.2, 0) is 6.42 Å². The molecule has 3 rings (SSSR count). The maximum Gasteiger partial charge on any atom is 0.161 e. The number of benzene rings is 1. The topological polar surface area (TPSA) is 62.2 Å². The highest BCUT2D eigenvalue weighted by atomic mass is 16.5. The van der Waals surface area contributed by atoms with Crippen molar-refractivity contribution >= 4 is 0 Å². The lowest BCUT2D eigenvalue weighted by atomic mass is 9.75. The van der Waals surface area contributed by atoms with E-state index in [1.54, 1.807) is 7.11 Å². The van der Waals surface area contributed by atoms with Gasteiger partial charge in [-0.25, -0.2) is 0 Å². The number of piperidine rings is 1. The Bertz CT molecular complexity index is 723. The summed E-state index contributed by atoms with van der Waals surface area (Å²) in [7, 11) is 1.66. The van der Waals surface area contributed by atoms with Crippen molar-refractivity contribution in [1.29, 1.82) is 0 Å². The summed E-state index contributed by atoms with van der Waals surface area (Å²) in [6.45, 7) is 12.9. The van der Waals surface area contributed by atoms with Crippen LogP contribution in [0.25, 0.3) is 0 Å². The molecule has 0 aliphatic carbocycles. The lowest BCUT2D eigenvalue weighted by Gasteiger charge is -2.47. The van der Waals surface area contributed by atoms with Gasteiger partial charge in [0.05, 0.1) is 18.8 Å². The molecule has 2 heterocycles. The quantitative estimate of drug-likeness (QED) is 0.688. The molecule has 2 N–H and O–H groups in total. The minimum absolute atomic E-state index is 0.223. The van der Waals surface area contributed by atoms with Crippen LogP contribution < -0.4 is 9.47 Å². The zero-order valence-corrected chi connectivity index (χ0v) is 19.7. The van der Waals surface area contributed by atoms with Gasteiger partial charge in [0.1, 0.15) is 6.61 Å². The zero-order valence-electron chi connectivity index (χ0n) is 19.7. The number of aliphatic hydroxyl groups is 2. The number of nitrogens with zero attached hydrogens (tertiary/aromatic N) is 1. The summed E-state index contributed by atoms with van der Waals surface area (Å²) in [4.78, 5) is 2.54. The molecular formula is C25H41NO4. The fourth-order valence-corrected chi connectivity index (χ4v) is 5.03. The summed E-state index contributed by atoms with van der Waals surface area (Å²) >= 11 is 0. The minimum atomic E-state index is -0.812. The van der Waals surface area contributed by atoms with Crippen LogP contribution in [0.5, 0.6) is 11.5 Å². The Labute approximate surface area is 182 Å². The number of rotatable bonds is 7. The second kappa shape index (κ2) is 9.05. The Morgan fingerprint density at radius 2 is 1.83 bits per heavy atom. The average Bonchev–Trinajstić information content (AvgIpc) is 2.71. The van der Waals surface area contributed by atoms with Gasteiger partial charge < -0.3 is 19.7 Å². The second-order valence-electron chi connectivity index (χ2n) is 10.5. The molecule has 170 valence electrons. The van der Waals surface area contributed by atoms with E-state index in [1.165, 1.54) is 11.1 Å². The van der Waals surface area contributed by atoms with E-state index >= 15 is 0 Å². The van der Waals surface area contributed by atoms with Crippen LogP contribution in [0.1, 0.15) is 77.5 Å². The molecule has 0 spiro atoms. The number of ether oxygens (including phenoxy) is 2. The van der Waals surface area contributed by atoms with Crippen molar-refractivity contribution in [3.05, 3.63) is 23.3 Å². The van der Waals surface area contributed by atoms with Gasteiger partial charge in [0.15, 0.2) is 11.5 Å². The number of fused-ring (bicyclic) bond motifs is 3. The van der Waals surface area contributed by atoms with Gasteiger partial charge in [-0.05, 0) is 66.7 Å². The van der Waals surface area contributed by atoms with E-state index in [1.807, 2.05) is 13.8 Å². The summed E-state index contributed by atoms with van der Waals surface area (Å²) in [5.74, 6) is 1.73. The molecule has 2 aliphatic heterocycles. The number of hydrogen-bond donors (Lipinski definition) is 2. The SMILES string of the molecule is CCC(O)(CC)COc1cc2c(cc1OC)[C@H]1C[C@@H](O)[C@H](CC(C)(C)C)CN1CC2. The number of hydrogen-bond acceptors (Lipinski definition) is 5. The van der Waals surface area contributed by atoms with Crippen molar-refractivity contribution < 1.29 is 19.7 Å². The molecule has 0 radical (unpaired) electrons. The summed E-state index contributed by atoms with van der Waals surface area (Å²) in [5.41, 5.74) is 1.93. The van der Waals surface area contributed by atoms with Gasteiger partial charge in [-0.1, -0.05) is 34.6 Å². The summed E-state index contributed by atoms with van der Waals surface area (Å²) in [6.07, 6.45) is 3.81. The van der Waals surface area contributed by atoms with Crippen LogP contribution in [0.15, 0.2) is 12.1 Å². The van der Waals surface area contributed by atoms with Crippen molar-refractivity contribution in [3.63, 3.8) is 0 Å². The Morgan fingerprint density at radius 1 is 1.13 bits per heavy atom. The molecule has 3 atom stereocenters. The maximum absolute atomic E-state index is 10.9. The first-order valence-electron chi connectivity index (χ1n) is 11.6. The summed E-state index contributed by atoms with van der Waals surface area (Å²) in [6, 6.07) is 4.41. The van der Waals surface area contributed by atoms with Crippen LogP contribution in [-0.4, -0.2) is 53.6 Å². The van der Waals surface area contributed by atoms with Crippen LogP contribution >= 0.6 is 0 Å². The maximum atomic E-state index is 10.9. The monoisotopic (exact) mass is 419 g/mol. The molecule has 1 aromatic rings. The highest BCUT2D eigenvalue weighted by molar-refractivity contribution is 5.49. The van der Waals surface area contributed by atoms with Gasteiger partial charge >= 0.3 is 0 Å². The third kappa shape index (κ3) is 5.12. The Balaban J connectivity index is 1.80. The first-order chi connectivity index (χ1) is 14.1. The molecule has 5 heteroatoms. The molecule has 5 nitrogen and oxygen atoms in total. The first-order valence-corrected chi connectivity index (χ1v) is 11.6. The molecule has 1 fully saturated rings. The van der Waals surface area contributed by atoms with E-state index in [0.29, 0.717) is 30.3 Å². The van der Waals surface area contributed by atoms with E-state index in [2.05, 4.69) is 37.8 Å². The highest BCUT2D eigenvalue weighted by Crippen LogP contribution is 2.44. The largest absolute Gasteiger partial charge is 0.493 e. The fourth-order valence-electron chi connectivity index (χ4n) is 5.03. The zero-order chi connectivity index (χ0) is 22.1. The average molecular weight is 420 g/mol. The van der Waals surface area contributed by atoms with E-state index in [0.717, 1.165) is 32.4 Å². The molecule has 0 bridgehead atoms. The molecule has 1 aromatic carbocycles. The lowest BCUT2D eigenvalue weighted by molar-refractivity contribution is -0.0261. The molecule has 0 aromatic heterocycles. The molecule has 0 amide bonds. The summed E-state index contributed by atoms with van der Waals surface area (Å²) < 4.78 is 11.7. The highest BCUT2D eigenvalue weighted by Gasteiger charge is 2.40. The number of aliphatic hydroxyl groups excluding tert-OH is 1. The third-order valence-corrected chi connectivity index (χ3v) is 7.06. The lowest BCUT2D eigenvalue weighted by Crippen LogP contribution is -2.48. The van der Waals surface area contributed by atoms with E-state index in [-0.39, 0.29) is 24.2 Å². The second-order valence-corrected chi connectivity index (χ2v) is 10.5. The predicted molar refractivity (Wildman–Crippen MR) is 120 cm³/mol. The van der Waals surface area contributed by atoms with Gasteiger partial charge in [0, 0.05) is 19.1 Å². The molecule has 30 heavy (non-hydrogen) atoms. The van der Waals surface area contributed by atoms with Gasteiger partial charge in [0.2, 0.25) is 0 Å². The fraction of sp³-hybridized carbons (Fsp3) is 0.760. The van der Waals surface area contributed by atoms with Gasteiger partial charge in [0.25, 0.3) is 0 Å². The normalized spacial score (nSPS) is 24.9. The van der Waals surface area contributed by atoms with Crippen LogP contribution in [0.4, 0.5) is 0 Å². The van der Waals surface area contributed by atoms with Crippen molar-refractivity contribution in [2.24, 2.45) is 11.3 Å². The van der Waals surface area contributed by atoms with Crippen molar-refractivity contribution in [1.82, 2.24) is 4.90 Å². The standard InChI is InChI=1S/C25H41NO4/c1-7-25(28,8-2)16-30-23-11-17-9-10-26-15-18(14-24(3,4)5)21(27)13-20(26)19(17)12-22(23)29-6/h11-12,18,20-21,27-28H,7-10,13-16H2,1-6H3/t18-,20-,21-/m1/s1.